The molecule has 0 radical (unpaired) electrons. The SMILES string of the molecule is COc1ccc(CCN(CCOc2ccc(NS(C)(=O)=O)cc2-n2cccc2)C(C)C)cc1OC.Cl. The molecule has 0 bridgehead atoms. The molecule has 0 atom stereocenters. The monoisotopic (exact) mass is 537 g/mol. The molecular weight excluding hydrogens is 502 g/mol. The third kappa shape index (κ3) is 8.36. The minimum atomic E-state index is -3.37. The van der Waals surface area contributed by atoms with Gasteiger partial charge in [0, 0.05) is 31.5 Å². The molecule has 0 unspecified atom stereocenters. The minimum Gasteiger partial charge on any atom is -0.493 e. The van der Waals surface area contributed by atoms with Crippen LogP contribution in [0.4, 0.5) is 5.69 Å². The maximum absolute atomic E-state index is 11.7. The molecule has 0 spiro atoms. The molecule has 1 heterocycles. The topological polar surface area (TPSA) is 82.0 Å². The summed E-state index contributed by atoms with van der Waals surface area (Å²) < 4.78 is 44.7. The van der Waals surface area contributed by atoms with Gasteiger partial charge in [0.15, 0.2) is 11.5 Å². The number of nitrogens with zero attached hydrogens (tertiary/aromatic N) is 2. The van der Waals surface area contributed by atoms with Crippen molar-refractivity contribution in [3.8, 4) is 22.9 Å². The van der Waals surface area contributed by atoms with Crippen LogP contribution < -0.4 is 18.9 Å². The summed E-state index contributed by atoms with van der Waals surface area (Å²) in [6.45, 7) is 6.46. The number of anilines is 1. The quantitative estimate of drug-likeness (QED) is 0.342. The summed E-state index contributed by atoms with van der Waals surface area (Å²) in [5, 5.41) is 0. The average molecular weight is 538 g/mol. The van der Waals surface area contributed by atoms with E-state index < -0.39 is 10.0 Å². The molecule has 3 rings (SSSR count). The van der Waals surface area contributed by atoms with E-state index in [2.05, 4.69) is 29.5 Å². The lowest BCUT2D eigenvalue weighted by atomic mass is 10.1. The second kappa shape index (κ2) is 13.4. The zero-order chi connectivity index (χ0) is 25.4. The lowest BCUT2D eigenvalue weighted by Gasteiger charge is -2.27. The zero-order valence-electron chi connectivity index (χ0n) is 21.4. The summed E-state index contributed by atoms with van der Waals surface area (Å²) in [4.78, 5) is 2.37. The number of benzene rings is 2. The predicted octanol–water partition coefficient (Wildman–Crippen LogP) is 4.62. The third-order valence-electron chi connectivity index (χ3n) is 5.65. The van der Waals surface area contributed by atoms with E-state index in [0.717, 1.165) is 43.0 Å². The highest BCUT2D eigenvalue weighted by atomic mass is 35.5. The van der Waals surface area contributed by atoms with Crippen molar-refractivity contribution >= 4 is 28.1 Å². The van der Waals surface area contributed by atoms with E-state index in [-0.39, 0.29) is 12.4 Å². The van der Waals surface area contributed by atoms with E-state index in [1.165, 1.54) is 5.56 Å². The van der Waals surface area contributed by atoms with Gasteiger partial charge in [-0.25, -0.2) is 8.42 Å². The molecule has 0 amide bonds. The summed E-state index contributed by atoms with van der Waals surface area (Å²) in [6.07, 6.45) is 5.81. The fraction of sp³-hybridized carbons (Fsp3) is 0.385. The van der Waals surface area contributed by atoms with Gasteiger partial charge in [0.25, 0.3) is 0 Å². The molecule has 8 nitrogen and oxygen atoms in total. The van der Waals surface area contributed by atoms with E-state index >= 15 is 0 Å². The Hall–Kier alpha value is -2.88. The van der Waals surface area contributed by atoms with Gasteiger partial charge in [-0.05, 0) is 68.3 Å². The second-order valence-electron chi connectivity index (χ2n) is 8.56. The van der Waals surface area contributed by atoms with Crippen LogP contribution in [0.1, 0.15) is 19.4 Å². The van der Waals surface area contributed by atoms with Crippen molar-refractivity contribution < 1.29 is 22.6 Å². The van der Waals surface area contributed by atoms with Crippen LogP contribution in [-0.2, 0) is 16.4 Å². The average Bonchev–Trinajstić information content (AvgIpc) is 3.35. The van der Waals surface area contributed by atoms with Crippen LogP contribution in [0.5, 0.6) is 17.2 Å². The molecule has 10 heteroatoms. The molecule has 1 N–H and O–H groups in total. The maximum atomic E-state index is 11.7. The number of rotatable bonds is 13. The fourth-order valence-electron chi connectivity index (χ4n) is 3.82. The summed E-state index contributed by atoms with van der Waals surface area (Å²) in [5.74, 6) is 2.14. The van der Waals surface area contributed by atoms with Gasteiger partial charge in [0.2, 0.25) is 10.0 Å². The first-order chi connectivity index (χ1) is 16.7. The van der Waals surface area contributed by atoms with Gasteiger partial charge < -0.3 is 18.8 Å². The number of nitrogens with one attached hydrogen (secondary N) is 1. The minimum absolute atomic E-state index is 0. The van der Waals surface area contributed by atoms with Crippen molar-refractivity contribution in [1.29, 1.82) is 0 Å². The summed E-state index contributed by atoms with van der Waals surface area (Å²) in [5.41, 5.74) is 2.44. The van der Waals surface area contributed by atoms with Crippen LogP contribution in [0.15, 0.2) is 60.9 Å². The Balaban J connectivity index is 0.00000456. The number of hydrogen-bond donors (Lipinski definition) is 1. The molecule has 0 saturated heterocycles. The first-order valence-electron chi connectivity index (χ1n) is 11.5. The molecule has 36 heavy (non-hydrogen) atoms. The number of aromatic nitrogens is 1. The van der Waals surface area contributed by atoms with Gasteiger partial charge in [-0.2, -0.15) is 0 Å². The molecule has 0 fully saturated rings. The summed E-state index contributed by atoms with van der Waals surface area (Å²) in [7, 11) is -0.0943. The molecule has 2 aromatic carbocycles. The third-order valence-corrected chi connectivity index (χ3v) is 6.25. The number of ether oxygens (including phenoxy) is 3. The van der Waals surface area contributed by atoms with Crippen molar-refractivity contribution in [1.82, 2.24) is 9.47 Å². The zero-order valence-corrected chi connectivity index (χ0v) is 23.1. The lowest BCUT2D eigenvalue weighted by molar-refractivity contribution is 0.177. The van der Waals surface area contributed by atoms with Gasteiger partial charge >= 0.3 is 0 Å². The van der Waals surface area contributed by atoms with Crippen LogP contribution in [0.2, 0.25) is 0 Å². The maximum Gasteiger partial charge on any atom is 0.229 e. The highest BCUT2D eigenvalue weighted by Crippen LogP contribution is 2.29. The molecule has 3 aromatic rings. The molecular formula is C26H36ClN3O5S. The van der Waals surface area contributed by atoms with E-state index in [9.17, 15) is 8.42 Å². The van der Waals surface area contributed by atoms with Crippen LogP contribution in [0.25, 0.3) is 5.69 Å². The number of halogens is 1. The lowest BCUT2D eigenvalue weighted by Crippen LogP contribution is -2.36. The first kappa shape index (κ1) is 29.4. The van der Waals surface area contributed by atoms with Crippen molar-refractivity contribution in [2.24, 2.45) is 0 Å². The van der Waals surface area contributed by atoms with Gasteiger partial charge in [0.1, 0.15) is 12.4 Å². The van der Waals surface area contributed by atoms with E-state index in [1.54, 1.807) is 32.4 Å². The Bertz CT molecular complexity index is 1200. The highest BCUT2D eigenvalue weighted by Gasteiger charge is 2.13. The van der Waals surface area contributed by atoms with Gasteiger partial charge in [-0.3, -0.25) is 9.62 Å². The van der Waals surface area contributed by atoms with E-state index in [0.29, 0.717) is 24.1 Å². The fourth-order valence-corrected chi connectivity index (χ4v) is 4.38. The summed E-state index contributed by atoms with van der Waals surface area (Å²) >= 11 is 0. The highest BCUT2D eigenvalue weighted by molar-refractivity contribution is 7.92. The van der Waals surface area contributed by atoms with Crippen molar-refractivity contribution in [3.05, 3.63) is 66.5 Å². The number of hydrogen-bond acceptors (Lipinski definition) is 6. The Morgan fingerprint density at radius 3 is 2.22 bits per heavy atom. The standard InChI is InChI=1S/C26H35N3O5S.ClH/c1-20(2)28(15-12-21-8-10-25(32-3)26(18-21)33-4)16-17-34-24-11-9-22(27-35(5,30)31)19-23(24)29-13-6-7-14-29;/h6-11,13-14,18-20,27H,12,15-17H2,1-5H3;1H. The predicted molar refractivity (Wildman–Crippen MR) is 147 cm³/mol. The smallest absolute Gasteiger partial charge is 0.229 e. The summed E-state index contributed by atoms with van der Waals surface area (Å²) in [6, 6.07) is 15.5. The molecule has 0 saturated carbocycles. The van der Waals surface area contributed by atoms with Crippen LogP contribution in [0, 0.1) is 0 Å². The van der Waals surface area contributed by atoms with Crippen molar-refractivity contribution in [3.63, 3.8) is 0 Å². The van der Waals surface area contributed by atoms with E-state index in [4.69, 9.17) is 14.2 Å². The Morgan fingerprint density at radius 2 is 1.61 bits per heavy atom. The van der Waals surface area contributed by atoms with Crippen molar-refractivity contribution in [2.75, 3.05) is 44.9 Å². The van der Waals surface area contributed by atoms with Crippen LogP contribution in [-0.4, -0.2) is 64.1 Å². The first-order valence-corrected chi connectivity index (χ1v) is 13.4. The van der Waals surface area contributed by atoms with E-state index in [1.807, 2.05) is 41.2 Å². The van der Waals surface area contributed by atoms with Gasteiger partial charge in [-0.1, -0.05) is 6.07 Å². The molecule has 0 aliphatic rings. The van der Waals surface area contributed by atoms with Gasteiger partial charge in [0.05, 0.1) is 31.9 Å². The van der Waals surface area contributed by atoms with Crippen LogP contribution in [0.3, 0.4) is 0 Å². The van der Waals surface area contributed by atoms with Crippen LogP contribution >= 0.6 is 12.4 Å². The largest absolute Gasteiger partial charge is 0.493 e. The molecule has 198 valence electrons. The second-order valence-corrected chi connectivity index (χ2v) is 10.3. The number of methoxy groups -OCH3 is 2. The molecule has 0 aliphatic carbocycles. The molecule has 1 aromatic heterocycles. The Labute approximate surface area is 220 Å². The number of sulfonamides is 1. The molecule has 0 aliphatic heterocycles. The Morgan fingerprint density at radius 1 is 0.944 bits per heavy atom. The normalized spacial score (nSPS) is 11.3. The van der Waals surface area contributed by atoms with Crippen molar-refractivity contribution in [2.45, 2.75) is 26.3 Å². The Kier molecular flexibility index (Phi) is 11.0. The van der Waals surface area contributed by atoms with Gasteiger partial charge in [-0.15, -0.1) is 12.4 Å².